The molecule has 0 saturated heterocycles. The molecule has 0 aliphatic heterocycles. The van der Waals surface area contributed by atoms with Gasteiger partial charge in [-0.3, -0.25) is 19.0 Å². The topological polar surface area (TPSA) is 81.1 Å². The number of aromatic nitrogens is 2. The minimum absolute atomic E-state index is 0.0413. The molecule has 1 heterocycles. The van der Waals surface area contributed by atoms with Gasteiger partial charge in [0, 0.05) is 19.0 Å². The smallest absolute Gasteiger partial charge is 0.266 e. The largest absolute Gasteiger partial charge is 0.356 e. The molecule has 1 unspecified atom stereocenters. The maximum Gasteiger partial charge on any atom is 0.266 e. The van der Waals surface area contributed by atoms with Gasteiger partial charge in [0.2, 0.25) is 5.91 Å². The van der Waals surface area contributed by atoms with Gasteiger partial charge in [-0.05, 0) is 43.2 Å². The molecule has 4 rings (SSSR count). The number of ketones is 1. The number of nitrogens with one attached hydrogen (secondary N) is 1. The fourth-order valence-electron chi connectivity index (χ4n) is 3.66. The number of rotatable bonds is 8. The van der Waals surface area contributed by atoms with Crippen molar-refractivity contribution in [2.75, 3.05) is 6.54 Å². The molecule has 1 N–H and O–H groups in total. The number of Topliss-reactive ketones (excluding diaryl/α,β-unsaturated/α-hetero) is 1. The first kappa shape index (κ1) is 23.4. The second-order valence-electron chi connectivity index (χ2n) is 7.94. The molecule has 0 saturated carbocycles. The van der Waals surface area contributed by atoms with Crippen LogP contribution in [0, 0.1) is 0 Å². The molecule has 3 aromatic carbocycles. The summed E-state index contributed by atoms with van der Waals surface area (Å²) in [6, 6.07) is 24.0. The summed E-state index contributed by atoms with van der Waals surface area (Å²) in [7, 11) is 0. The molecule has 1 aromatic heterocycles. The average molecular weight is 472 g/mol. The highest BCUT2D eigenvalue weighted by Gasteiger charge is 2.21. The van der Waals surface area contributed by atoms with Gasteiger partial charge in [0.25, 0.3) is 5.56 Å². The predicted octanol–water partition coefficient (Wildman–Crippen LogP) is 4.43. The van der Waals surface area contributed by atoms with E-state index in [4.69, 9.17) is 4.98 Å². The lowest BCUT2D eigenvalue weighted by molar-refractivity contribution is -0.118. The van der Waals surface area contributed by atoms with Gasteiger partial charge in [0.15, 0.2) is 10.9 Å². The summed E-state index contributed by atoms with van der Waals surface area (Å²) in [6.45, 7) is 3.87. The average Bonchev–Trinajstić information content (AvgIpc) is 2.84. The third-order valence-electron chi connectivity index (χ3n) is 5.44. The molecule has 34 heavy (non-hydrogen) atoms. The molecule has 0 aliphatic rings. The first-order chi connectivity index (χ1) is 16.4. The highest BCUT2D eigenvalue weighted by Crippen LogP contribution is 2.27. The van der Waals surface area contributed by atoms with Crippen molar-refractivity contribution in [3.8, 4) is 5.69 Å². The van der Waals surface area contributed by atoms with E-state index in [0.717, 1.165) is 5.56 Å². The number of nitrogens with zero attached hydrogens (tertiary/aromatic N) is 2. The molecule has 0 radical (unpaired) electrons. The van der Waals surface area contributed by atoms with Crippen molar-refractivity contribution >= 4 is 34.4 Å². The van der Waals surface area contributed by atoms with Crippen molar-refractivity contribution in [3.05, 3.63) is 100 Å². The zero-order valence-corrected chi connectivity index (χ0v) is 19.8. The third-order valence-corrected chi connectivity index (χ3v) is 6.49. The zero-order valence-electron chi connectivity index (χ0n) is 19.0. The number of fused-ring (bicyclic) bond motifs is 1. The number of para-hydroxylation sites is 2. The predicted molar refractivity (Wildman–Crippen MR) is 136 cm³/mol. The van der Waals surface area contributed by atoms with Crippen molar-refractivity contribution in [2.24, 2.45) is 0 Å². The Morgan fingerprint density at radius 1 is 0.971 bits per heavy atom. The van der Waals surface area contributed by atoms with E-state index in [9.17, 15) is 14.4 Å². The standard InChI is InChI=1S/C27H25N3O3S/c1-18(25(32)21-14-12-20(13-15-21)16-17-28-19(2)31)34-27-29-24-11-7-6-10-23(24)26(33)30(27)22-8-4-3-5-9-22/h3-15,18H,16-17H2,1-2H3,(H,28,31). The summed E-state index contributed by atoms with van der Waals surface area (Å²) in [6.07, 6.45) is 0.697. The molecule has 0 fully saturated rings. The third kappa shape index (κ3) is 5.26. The van der Waals surface area contributed by atoms with Gasteiger partial charge in [-0.15, -0.1) is 0 Å². The quantitative estimate of drug-likeness (QED) is 0.234. The van der Waals surface area contributed by atoms with Gasteiger partial charge >= 0.3 is 0 Å². The summed E-state index contributed by atoms with van der Waals surface area (Å²) >= 11 is 1.27. The van der Waals surface area contributed by atoms with E-state index < -0.39 is 5.25 Å². The van der Waals surface area contributed by atoms with Crippen LogP contribution in [-0.2, 0) is 11.2 Å². The van der Waals surface area contributed by atoms with Crippen LogP contribution in [0.15, 0.2) is 88.8 Å². The van der Waals surface area contributed by atoms with Crippen LogP contribution < -0.4 is 10.9 Å². The van der Waals surface area contributed by atoms with E-state index in [0.29, 0.717) is 40.3 Å². The molecule has 0 bridgehead atoms. The molecule has 4 aromatic rings. The SMILES string of the molecule is CC(=O)NCCc1ccc(C(=O)C(C)Sc2nc3ccccc3c(=O)n2-c2ccccc2)cc1. The molecule has 1 atom stereocenters. The van der Waals surface area contributed by atoms with E-state index in [1.807, 2.05) is 67.6 Å². The Hall–Kier alpha value is -3.71. The molecular weight excluding hydrogens is 446 g/mol. The maximum atomic E-state index is 13.3. The minimum atomic E-state index is -0.451. The Morgan fingerprint density at radius 3 is 2.35 bits per heavy atom. The van der Waals surface area contributed by atoms with Crippen molar-refractivity contribution in [1.82, 2.24) is 14.9 Å². The Balaban J connectivity index is 1.60. The molecule has 0 aliphatic carbocycles. The van der Waals surface area contributed by atoms with Crippen molar-refractivity contribution < 1.29 is 9.59 Å². The monoisotopic (exact) mass is 471 g/mol. The zero-order chi connectivity index (χ0) is 24.1. The number of amides is 1. The van der Waals surface area contributed by atoms with E-state index in [1.165, 1.54) is 18.7 Å². The van der Waals surface area contributed by atoms with Crippen molar-refractivity contribution in [2.45, 2.75) is 30.7 Å². The lowest BCUT2D eigenvalue weighted by Crippen LogP contribution is -2.23. The van der Waals surface area contributed by atoms with Crippen molar-refractivity contribution in [3.63, 3.8) is 0 Å². The molecule has 1 amide bonds. The van der Waals surface area contributed by atoms with Crippen LogP contribution >= 0.6 is 11.8 Å². The Bertz CT molecular complexity index is 1380. The van der Waals surface area contributed by atoms with Gasteiger partial charge in [-0.25, -0.2) is 4.98 Å². The number of hydrogen-bond donors (Lipinski definition) is 1. The van der Waals surface area contributed by atoms with Crippen molar-refractivity contribution in [1.29, 1.82) is 0 Å². The minimum Gasteiger partial charge on any atom is -0.356 e. The summed E-state index contributed by atoms with van der Waals surface area (Å²) < 4.78 is 1.57. The number of carbonyl (C=O) groups is 2. The van der Waals surface area contributed by atoms with Crippen LogP contribution in [0.25, 0.3) is 16.6 Å². The first-order valence-electron chi connectivity index (χ1n) is 11.1. The van der Waals surface area contributed by atoms with Crippen LogP contribution in [0.4, 0.5) is 0 Å². The highest BCUT2D eigenvalue weighted by molar-refractivity contribution is 8.00. The lowest BCUT2D eigenvalue weighted by Gasteiger charge is -2.16. The van der Waals surface area contributed by atoms with Gasteiger partial charge in [0.05, 0.1) is 21.8 Å². The summed E-state index contributed by atoms with van der Waals surface area (Å²) in [4.78, 5) is 42.3. The highest BCUT2D eigenvalue weighted by atomic mass is 32.2. The Labute approximate surface area is 202 Å². The van der Waals surface area contributed by atoms with Gasteiger partial charge in [-0.1, -0.05) is 66.4 Å². The summed E-state index contributed by atoms with van der Waals surface area (Å²) in [5.74, 6) is -0.102. The maximum absolute atomic E-state index is 13.3. The number of benzene rings is 3. The van der Waals surface area contributed by atoms with Crippen LogP contribution in [0.3, 0.4) is 0 Å². The van der Waals surface area contributed by atoms with E-state index >= 15 is 0 Å². The normalized spacial score (nSPS) is 11.8. The van der Waals surface area contributed by atoms with Crippen LogP contribution in [0.5, 0.6) is 0 Å². The van der Waals surface area contributed by atoms with Crippen LogP contribution in [0.2, 0.25) is 0 Å². The number of carbonyl (C=O) groups excluding carboxylic acids is 2. The first-order valence-corrected chi connectivity index (χ1v) is 11.9. The second kappa shape index (κ2) is 10.5. The van der Waals surface area contributed by atoms with Gasteiger partial charge in [0.1, 0.15) is 0 Å². The van der Waals surface area contributed by atoms with E-state index in [-0.39, 0.29) is 17.2 Å². The fraction of sp³-hybridized carbons (Fsp3) is 0.185. The Kier molecular flexibility index (Phi) is 7.23. The molecule has 172 valence electrons. The molecule has 0 spiro atoms. The van der Waals surface area contributed by atoms with Crippen LogP contribution in [-0.4, -0.2) is 33.0 Å². The summed E-state index contributed by atoms with van der Waals surface area (Å²) in [5, 5.41) is 3.32. The fourth-order valence-corrected chi connectivity index (χ4v) is 4.67. The van der Waals surface area contributed by atoms with E-state index in [1.54, 1.807) is 22.8 Å². The number of hydrogen-bond acceptors (Lipinski definition) is 5. The molecule has 6 nitrogen and oxygen atoms in total. The van der Waals surface area contributed by atoms with Gasteiger partial charge < -0.3 is 5.32 Å². The molecule has 7 heteroatoms. The molecular formula is C27H25N3O3S. The lowest BCUT2D eigenvalue weighted by atomic mass is 10.0. The van der Waals surface area contributed by atoms with E-state index in [2.05, 4.69) is 5.32 Å². The van der Waals surface area contributed by atoms with Crippen LogP contribution in [0.1, 0.15) is 29.8 Å². The van der Waals surface area contributed by atoms with Gasteiger partial charge in [-0.2, -0.15) is 0 Å². The number of thioether (sulfide) groups is 1. The Morgan fingerprint density at radius 2 is 1.65 bits per heavy atom. The summed E-state index contributed by atoms with van der Waals surface area (Å²) in [5.41, 5.74) is 2.78. The second-order valence-corrected chi connectivity index (χ2v) is 9.25.